The first kappa shape index (κ1) is 16.7. The minimum Gasteiger partial charge on any atom is -0.484 e. The van der Waals surface area contributed by atoms with Crippen molar-refractivity contribution in [1.82, 2.24) is 9.97 Å². The Labute approximate surface area is 135 Å². The van der Waals surface area contributed by atoms with Crippen molar-refractivity contribution in [2.45, 2.75) is 27.7 Å². The first-order valence-electron chi connectivity index (χ1n) is 7.47. The molecular formula is C17H21N3O3. The van der Waals surface area contributed by atoms with Gasteiger partial charge in [-0.3, -0.25) is 4.79 Å². The first-order valence-corrected chi connectivity index (χ1v) is 7.47. The normalized spacial score (nSPS) is 10.3. The molecule has 1 aromatic carbocycles. The zero-order valence-electron chi connectivity index (χ0n) is 13.8. The summed E-state index contributed by atoms with van der Waals surface area (Å²) in [5, 5.41) is 2.79. The molecule has 0 fully saturated rings. The lowest BCUT2D eigenvalue weighted by Crippen LogP contribution is -2.22. The number of hydrogen-bond acceptors (Lipinski definition) is 5. The Morgan fingerprint density at radius 1 is 1.13 bits per heavy atom. The van der Waals surface area contributed by atoms with Crippen molar-refractivity contribution in [3.05, 3.63) is 41.2 Å². The molecule has 23 heavy (non-hydrogen) atoms. The topological polar surface area (TPSA) is 73.3 Å². The second-order valence-corrected chi connectivity index (χ2v) is 5.14. The molecule has 6 heteroatoms. The highest BCUT2D eigenvalue weighted by molar-refractivity contribution is 5.92. The number of aryl methyl sites for hydroxylation is 3. The number of nitrogens with zero attached hydrogens (tertiary/aromatic N) is 2. The number of carbonyl (C=O) groups excluding carboxylic acids is 1. The number of carbonyl (C=O) groups is 1. The first-order chi connectivity index (χ1) is 11.0. The Morgan fingerprint density at radius 2 is 1.83 bits per heavy atom. The summed E-state index contributed by atoms with van der Waals surface area (Å²) in [4.78, 5) is 20.5. The minimum absolute atomic E-state index is 0.0739. The van der Waals surface area contributed by atoms with Gasteiger partial charge in [0, 0.05) is 0 Å². The molecule has 1 heterocycles. The van der Waals surface area contributed by atoms with Gasteiger partial charge in [0.05, 0.1) is 23.7 Å². The number of hydrogen-bond donors (Lipinski definition) is 1. The lowest BCUT2D eigenvalue weighted by Gasteiger charge is -2.12. The molecule has 0 unspecified atom stereocenters. The molecule has 0 aliphatic rings. The summed E-state index contributed by atoms with van der Waals surface area (Å²) in [6, 6.07) is 7.87. The van der Waals surface area contributed by atoms with E-state index in [0.717, 1.165) is 5.56 Å². The van der Waals surface area contributed by atoms with E-state index >= 15 is 0 Å². The van der Waals surface area contributed by atoms with E-state index in [0.29, 0.717) is 35.4 Å². The summed E-state index contributed by atoms with van der Waals surface area (Å²) >= 11 is 0. The van der Waals surface area contributed by atoms with E-state index in [1.807, 2.05) is 38.1 Å². The van der Waals surface area contributed by atoms with E-state index in [1.54, 1.807) is 13.8 Å². The van der Waals surface area contributed by atoms with Crippen LogP contribution in [-0.2, 0) is 4.79 Å². The third kappa shape index (κ3) is 4.67. The Morgan fingerprint density at radius 3 is 2.43 bits per heavy atom. The largest absolute Gasteiger partial charge is 0.484 e. The monoisotopic (exact) mass is 315 g/mol. The number of rotatable bonds is 6. The second-order valence-electron chi connectivity index (χ2n) is 5.14. The third-order valence-electron chi connectivity index (χ3n) is 3.15. The molecule has 1 N–H and O–H groups in total. The van der Waals surface area contributed by atoms with Crippen LogP contribution in [0.4, 0.5) is 5.69 Å². The zero-order chi connectivity index (χ0) is 16.8. The van der Waals surface area contributed by atoms with Crippen LogP contribution in [0.1, 0.15) is 23.9 Å². The van der Waals surface area contributed by atoms with Crippen LogP contribution >= 0.6 is 0 Å². The van der Waals surface area contributed by atoms with Crippen molar-refractivity contribution in [3.63, 3.8) is 0 Å². The van der Waals surface area contributed by atoms with Crippen molar-refractivity contribution in [2.24, 2.45) is 0 Å². The summed E-state index contributed by atoms with van der Waals surface area (Å²) in [6.45, 7) is 7.86. The third-order valence-corrected chi connectivity index (χ3v) is 3.15. The zero-order valence-corrected chi connectivity index (χ0v) is 13.8. The number of nitrogens with one attached hydrogen (secondary N) is 1. The average Bonchev–Trinajstić information content (AvgIpc) is 2.49. The summed E-state index contributed by atoms with van der Waals surface area (Å²) in [5.41, 5.74) is 2.98. The Bertz CT molecular complexity index is 678. The van der Waals surface area contributed by atoms with Crippen molar-refractivity contribution < 1.29 is 14.3 Å². The fourth-order valence-corrected chi connectivity index (χ4v) is 2.09. The van der Waals surface area contributed by atoms with E-state index < -0.39 is 0 Å². The molecule has 0 atom stereocenters. The van der Waals surface area contributed by atoms with Crippen LogP contribution in [0.3, 0.4) is 0 Å². The summed E-state index contributed by atoms with van der Waals surface area (Å²) in [6.07, 6.45) is 0. The highest BCUT2D eigenvalue weighted by atomic mass is 16.5. The highest BCUT2D eigenvalue weighted by Gasteiger charge is 2.12. The molecule has 0 saturated heterocycles. The van der Waals surface area contributed by atoms with Gasteiger partial charge in [0.1, 0.15) is 5.75 Å². The molecule has 0 radical (unpaired) electrons. The van der Waals surface area contributed by atoms with E-state index in [9.17, 15) is 4.79 Å². The second kappa shape index (κ2) is 7.58. The van der Waals surface area contributed by atoms with Crippen LogP contribution in [0.25, 0.3) is 0 Å². The summed E-state index contributed by atoms with van der Waals surface area (Å²) in [5.74, 6) is 0.405. The van der Waals surface area contributed by atoms with Crippen molar-refractivity contribution in [1.29, 1.82) is 0 Å². The Kier molecular flexibility index (Phi) is 5.51. The smallest absolute Gasteiger partial charge is 0.316 e. The fourth-order valence-electron chi connectivity index (χ4n) is 2.09. The maximum atomic E-state index is 12.1. The molecule has 1 amide bonds. The molecule has 6 nitrogen and oxygen atoms in total. The minimum atomic E-state index is -0.259. The Balaban J connectivity index is 2.00. The van der Waals surface area contributed by atoms with Gasteiger partial charge in [-0.05, 0) is 45.4 Å². The standard InChI is InChI=1S/C17H21N3O3/c1-5-22-17-18-12(3)16(13(4)19-17)20-15(21)10-23-14-8-6-7-11(2)9-14/h6-9H,5,10H2,1-4H3,(H,20,21). The maximum Gasteiger partial charge on any atom is 0.316 e. The lowest BCUT2D eigenvalue weighted by molar-refractivity contribution is -0.118. The van der Waals surface area contributed by atoms with Crippen LogP contribution in [0, 0.1) is 20.8 Å². The molecular weight excluding hydrogens is 294 g/mol. The van der Waals surface area contributed by atoms with Gasteiger partial charge in [-0.2, -0.15) is 9.97 Å². The highest BCUT2D eigenvalue weighted by Crippen LogP contribution is 2.19. The number of ether oxygens (including phenoxy) is 2. The van der Waals surface area contributed by atoms with Gasteiger partial charge >= 0.3 is 6.01 Å². The molecule has 2 rings (SSSR count). The number of amides is 1. The van der Waals surface area contributed by atoms with Gasteiger partial charge in [0.25, 0.3) is 5.91 Å². The van der Waals surface area contributed by atoms with Crippen molar-refractivity contribution in [3.8, 4) is 11.8 Å². The van der Waals surface area contributed by atoms with Crippen LogP contribution in [-0.4, -0.2) is 29.1 Å². The molecule has 0 spiro atoms. The predicted octanol–water partition coefficient (Wildman–Crippen LogP) is 2.82. The van der Waals surface area contributed by atoms with Gasteiger partial charge in [0.2, 0.25) is 0 Å². The molecule has 122 valence electrons. The summed E-state index contributed by atoms with van der Waals surface area (Å²) in [7, 11) is 0. The van der Waals surface area contributed by atoms with Crippen LogP contribution in [0.5, 0.6) is 11.8 Å². The van der Waals surface area contributed by atoms with Gasteiger partial charge in [-0.15, -0.1) is 0 Å². The lowest BCUT2D eigenvalue weighted by atomic mass is 10.2. The van der Waals surface area contributed by atoms with E-state index in [4.69, 9.17) is 9.47 Å². The van der Waals surface area contributed by atoms with E-state index in [2.05, 4.69) is 15.3 Å². The number of aromatic nitrogens is 2. The maximum absolute atomic E-state index is 12.1. The van der Waals surface area contributed by atoms with E-state index in [1.165, 1.54) is 0 Å². The molecule has 0 bridgehead atoms. The van der Waals surface area contributed by atoms with Gasteiger partial charge in [-0.25, -0.2) is 0 Å². The van der Waals surface area contributed by atoms with Crippen LogP contribution < -0.4 is 14.8 Å². The molecule has 1 aromatic heterocycles. The number of benzene rings is 1. The fraction of sp³-hybridized carbons (Fsp3) is 0.353. The predicted molar refractivity (Wildman–Crippen MR) is 88.0 cm³/mol. The van der Waals surface area contributed by atoms with Crippen molar-refractivity contribution >= 4 is 11.6 Å². The molecule has 0 aliphatic heterocycles. The van der Waals surface area contributed by atoms with Gasteiger partial charge in [-0.1, -0.05) is 12.1 Å². The van der Waals surface area contributed by atoms with Crippen molar-refractivity contribution in [2.75, 3.05) is 18.5 Å². The number of anilines is 1. The van der Waals surface area contributed by atoms with Gasteiger partial charge < -0.3 is 14.8 Å². The average molecular weight is 315 g/mol. The van der Waals surface area contributed by atoms with Crippen LogP contribution in [0.15, 0.2) is 24.3 Å². The Hall–Kier alpha value is -2.63. The molecule has 2 aromatic rings. The summed E-state index contributed by atoms with van der Waals surface area (Å²) < 4.78 is 10.8. The SMILES string of the molecule is CCOc1nc(C)c(NC(=O)COc2cccc(C)c2)c(C)n1. The molecule has 0 saturated carbocycles. The molecule has 0 aliphatic carbocycles. The quantitative estimate of drug-likeness (QED) is 0.887. The van der Waals surface area contributed by atoms with Gasteiger partial charge in [0.15, 0.2) is 6.61 Å². The van der Waals surface area contributed by atoms with E-state index in [-0.39, 0.29) is 12.5 Å². The van der Waals surface area contributed by atoms with Crippen LogP contribution in [0.2, 0.25) is 0 Å².